The molecular formula is C21H19NO3. The lowest BCUT2D eigenvalue weighted by molar-refractivity contribution is -0.113. The van der Waals surface area contributed by atoms with E-state index in [4.69, 9.17) is 15.2 Å². The van der Waals surface area contributed by atoms with E-state index in [0.717, 1.165) is 16.5 Å². The minimum Gasteiger partial charge on any atom is -0.493 e. The standard InChI is InChI=1S/C21H19NO3/c1-24-19-11-9-15(10-12-21(22)23)13-20(19)25-14-17-7-4-6-16-5-2-3-8-18(16)17/h2-13H,14H2,1H3,(H2,22,23). The second-order valence-corrected chi connectivity index (χ2v) is 5.57. The van der Waals surface area contributed by atoms with Crippen LogP contribution < -0.4 is 15.2 Å². The first-order chi connectivity index (χ1) is 12.2. The molecule has 0 heterocycles. The van der Waals surface area contributed by atoms with Gasteiger partial charge < -0.3 is 15.2 Å². The summed E-state index contributed by atoms with van der Waals surface area (Å²) >= 11 is 0. The molecule has 0 aliphatic heterocycles. The van der Waals surface area contributed by atoms with Gasteiger partial charge in [0.15, 0.2) is 11.5 Å². The highest BCUT2D eigenvalue weighted by Gasteiger charge is 2.07. The van der Waals surface area contributed by atoms with Gasteiger partial charge >= 0.3 is 0 Å². The normalized spacial score (nSPS) is 10.9. The van der Waals surface area contributed by atoms with E-state index in [9.17, 15) is 4.79 Å². The summed E-state index contributed by atoms with van der Waals surface area (Å²) in [6, 6.07) is 19.8. The molecule has 3 aromatic carbocycles. The van der Waals surface area contributed by atoms with E-state index in [1.54, 1.807) is 19.3 Å². The number of fused-ring (bicyclic) bond motifs is 1. The van der Waals surface area contributed by atoms with Crippen LogP contribution in [0.3, 0.4) is 0 Å². The van der Waals surface area contributed by atoms with E-state index < -0.39 is 5.91 Å². The Labute approximate surface area is 146 Å². The highest BCUT2D eigenvalue weighted by Crippen LogP contribution is 2.30. The second-order valence-electron chi connectivity index (χ2n) is 5.57. The average Bonchev–Trinajstić information content (AvgIpc) is 2.64. The largest absolute Gasteiger partial charge is 0.493 e. The molecule has 0 saturated heterocycles. The summed E-state index contributed by atoms with van der Waals surface area (Å²) in [7, 11) is 1.60. The average molecular weight is 333 g/mol. The van der Waals surface area contributed by atoms with Gasteiger partial charge in [0, 0.05) is 6.08 Å². The Bertz CT molecular complexity index is 926. The molecule has 126 valence electrons. The Morgan fingerprint density at radius 3 is 2.64 bits per heavy atom. The SMILES string of the molecule is COc1ccc(C=CC(N)=O)cc1OCc1cccc2ccccc12. The Hall–Kier alpha value is -3.27. The van der Waals surface area contributed by atoms with Gasteiger partial charge in [0.1, 0.15) is 6.61 Å². The van der Waals surface area contributed by atoms with Crippen molar-refractivity contribution in [1.29, 1.82) is 0 Å². The van der Waals surface area contributed by atoms with Crippen LogP contribution >= 0.6 is 0 Å². The molecule has 0 radical (unpaired) electrons. The summed E-state index contributed by atoms with van der Waals surface area (Å²) in [6.07, 6.45) is 2.96. The van der Waals surface area contributed by atoms with Crippen molar-refractivity contribution in [1.82, 2.24) is 0 Å². The third-order valence-electron chi connectivity index (χ3n) is 3.89. The van der Waals surface area contributed by atoms with Crippen LogP contribution in [-0.4, -0.2) is 13.0 Å². The number of hydrogen-bond donors (Lipinski definition) is 1. The van der Waals surface area contributed by atoms with Gasteiger partial charge in [-0.05, 0) is 40.1 Å². The highest BCUT2D eigenvalue weighted by molar-refractivity contribution is 5.90. The number of carbonyl (C=O) groups excluding carboxylic acids is 1. The molecule has 3 rings (SSSR count). The van der Waals surface area contributed by atoms with Gasteiger partial charge in [0.2, 0.25) is 5.91 Å². The number of benzene rings is 3. The minimum absolute atomic E-state index is 0.417. The van der Waals surface area contributed by atoms with Crippen molar-refractivity contribution in [3.05, 3.63) is 77.9 Å². The van der Waals surface area contributed by atoms with Crippen molar-refractivity contribution in [3.63, 3.8) is 0 Å². The van der Waals surface area contributed by atoms with Gasteiger partial charge in [-0.25, -0.2) is 0 Å². The highest BCUT2D eigenvalue weighted by atomic mass is 16.5. The summed E-state index contributed by atoms with van der Waals surface area (Å²) < 4.78 is 11.4. The molecular weight excluding hydrogens is 314 g/mol. The maximum atomic E-state index is 10.9. The molecule has 3 aromatic rings. The zero-order valence-corrected chi connectivity index (χ0v) is 13.9. The van der Waals surface area contributed by atoms with Crippen LogP contribution in [0.2, 0.25) is 0 Å². The lowest BCUT2D eigenvalue weighted by Crippen LogP contribution is -2.05. The third-order valence-corrected chi connectivity index (χ3v) is 3.89. The fourth-order valence-electron chi connectivity index (χ4n) is 2.66. The molecule has 0 atom stereocenters. The number of ether oxygens (including phenoxy) is 2. The molecule has 0 aliphatic carbocycles. The molecule has 2 N–H and O–H groups in total. The van der Waals surface area contributed by atoms with Crippen LogP contribution in [0.5, 0.6) is 11.5 Å². The summed E-state index contributed by atoms with van der Waals surface area (Å²) in [5, 5.41) is 2.34. The molecule has 4 heteroatoms. The minimum atomic E-state index is -0.492. The predicted molar refractivity (Wildman–Crippen MR) is 99.5 cm³/mol. The Balaban J connectivity index is 1.86. The van der Waals surface area contributed by atoms with Gasteiger partial charge in [-0.1, -0.05) is 48.5 Å². The summed E-state index contributed by atoms with van der Waals surface area (Å²) in [4.78, 5) is 10.9. The zero-order chi connectivity index (χ0) is 17.6. The smallest absolute Gasteiger partial charge is 0.241 e. The lowest BCUT2D eigenvalue weighted by Gasteiger charge is -2.13. The maximum Gasteiger partial charge on any atom is 0.241 e. The van der Waals surface area contributed by atoms with Crippen LogP contribution in [-0.2, 0) is 11.4 Å². The first-order valence-corrected chi connectivity index (χ1v) is 7.92. The first-order valence-electron chi connectivity index (χ1n) is 7.92. The third kappa shape index (κ3) is 3.98. The number of methoxy groups -OCH3 is 1. The van der Waals surface area contributed by atoms with Crippen LogP contribution in [0.1, 0.15) is 11.1 Å². The number of rotatable bonds is 6. The van der Waals surface area contributed by atoms with Gasteiger partial charge in [-0.2, -0.15) is 0 Å². The van der Waals surface area contributed by atoms with E-state index in [-0.39, 0.29) is 0 Å². The predicted octanol–water partition coefficient (Wildman–Crippen LogP) is 3.93. The zero-order valence-electron chi connectivity index (χ0n) is 13.9. The van der Waals surface area contributed by atoms with E-state index in [1.807, 2.05) is 36.4 Å². The van der Waals surface area contributed by atoms with Gasteiger partial charge in [0.05, 0.1) is 7.11 Å². The Morgan fingerprint density at radius 2 is 1.84 bits per heavy atom. The Kier molecular flexibility index (Phi) is 5.00. The quantitative estimate of drug-likeness (QED) is 0.695. The first kappa shape index (κ1) is 16.6. The Morgan fingerprint density at radius 1 is 1.04 bits per heavy atom. The maximum absolute atomic E-state index is 10.9. The van der Waals surface area contributed by atoms with E-state index in [0.29, 0.717) is 18.1 Å². The molecule has 0 aromatic heterocycles. The topological polar surface area (TPSA) is 61.5 Å². The molecule has 4 nitrogen and oxygen atoms in total. The van der Waals surface area contributed by atoms with Crippen LogP contribution in [0.15, 0.2) is 66.7 Å². The van der Waals surface area contributed by atoms with E-state index in [1.165, 1.54) is 11.5 Å². The van der Waals surface area contributed by atoms with Crippen molar-refractivity contribution in [2.45, 2.75) is 6.61 Å². The van der Waals surface area contributed by atoms with Crippen molar-refractivity contribution in [3.8, 4) is 11.5 Å². The van der Waals surface area contributed by atoms with Crippen molar-refractivity contribution in [2.75, 3.05) is 7.11 Å². The number of carbonyl (C=O) groups is 1. The monoisotopic (exact) mass is 333 g/mol. The van der Waals surface area contributed by atoms with Crippen LogP contribution in [0.25, 0.3) is 16.8 Å². The molecule has 1 amide bonds. The van der Waals surface area contributed by atoms with Crippen LogP contribution in [0.4, 0.5) is 0 Å². The van der Waals surface area contributed by atoms with Crippen molar-refractivity contribution in [2.24, 2.45) is 5.73 Å². The number of primary amides is 1. The lowest BCUT2D eigenvalue weighted by atomic mass is 10.1. The number of amides is 1. The fourth-order valence-corrected chi connectivity index (χ4v) is 2.66. The molecule has 25 heavy (non-hydrogen) atoms. The van der Waals surface area contributed by atoms with Gasteiger partial charge in [0.25, 0.3) is 0 Å². The molecule has 0 bridgehead atoms. The molecule has 0 saturated carbocycles. The molecule has 0 fully saturated rings. The van der Waals surface area contributed by atoms with Crippen LogP contribution in [0, 0.1) is 0 Å². The fraction of sp³-hybridized carbons (Fsp3) is 0.0952. The summed E-state index contributed by atoms with van der Waals surface area (Å²) in [5.41, 5.74) is 7.05. The second kappa shape index (κ2) is 7.53. The molecule has 0 spiro atoms. The number of nitrogens with two attached hydrogens (primary N) is 1. The van der Waals surface area contributed by atoms with Crippen molar-refractivity contribution >= 4 is 22.8 Å². The van der Waals surface area contributed by atoms with E-state index >= 15 is 0 Å². The summed E-state index contributed by atoms with van der Waals surface area (Å²) in [5.74, 6) is 0.757. The molecule has 0 aliphatic rings. The van der Waals surface area contributed by atoms with Gasteiger partial charge in [-0.15, -0.1) is 0 Å². The van der Waals surface area contributed by atoms with Gasteiger partial charge in [-0.3, -0.25) is 4.79 Å². The van der Waals surface area contributed by atoms with E-state index in [2.05, 4.69) is 18.2 Å². The molecule has 0 unspecified atom stereocenters. The summed E-state index contributed by atoms with van der Waals surface area (Å²) in [6.45, 7) is 0.417. The van der Waals surface area contributed by atoms with Crippen molar-refractivity contribution < 1.29 is 14.3 Å². The number of hydrogen-bond acceptors (Lipinski definition) is 3.